The summed E-state index contributed by atoms with van der Waals surface area (Å²) < 4.78 is 1.95. The fraction of sp³-hybridized carbons (Fsp3) is 0.238. The van der Waals surface area contributed by atoms with Crippen molar-refractivity contribution in [3.05, 3.63) is 69.1 Å². The highest BCUT2D eigenvalue weighted by molar-refractivity contribution is 9.10. The molecule has 9 heteroatoms. The van der Waals surface area contributed by atoms with Gasteiger partial charge in [0.1, 0.15) is 10.3 Å². The SMILES string of the molecule is CC.Cc1cc(C)c(NC(=O)c2cc(Br)nn2-c2ncccc2C)c(C(=O)NN)c1. The van der Waals surface area contributed by atoms with E-state index in [-0.39, 0.29) is 11.3 Å². The predicted molar refractivity (Wildman–Crippen MR) is 121 cm³/mol. The smallest absolute Gasteiger partial charge is 0.274 e. The summed E-state index contributed by atoms with van der Waals surface area (Å²) in [5, 5.41) is 7.14. The Bertz CT molecular complexity index is 1080. The van der Waals surface area contributed by atoms with Crippen LogP contribution in [0.1, 0.15) is 51.4 Å². The van der Waals surface area contributed by atoms with Gasteiger partial charge in [-0.2, -0.15) is 5.10 Å². The van der Waals surface area contributed by atoms with Crippen molar-refractivity contribution in [3.8, 4) is 5.82 Å². The maximum absolute atomic E-state index is 13.0. The van der Waals surface area contributed by atoms with E-state index in [1.807, 2.05) is 52.8 Å². The predicted octanol–water partition coefficient (Wildman–Crippen LogP) is 3.84. The highest BCUT2D eigenvalue weighted by Gasteiger charge is 2.21. The first-order valence-corrected chi connectivity index (χ1v) is 10.2. The van der Waals surface area contributed by atoms with Crippen LogP contribution < -0.4 is 16.6 Å². The van der Waals surface area contributed by atoms with Crippen molar-refractivity contribution >= 4 is 33.4 Å². The van der Waals surface area contributed by atoms with Crippen LogP contribution in [0.2, 0.25) is 0 Å². The Morgan fingerprint density at radius 3 is 2.40 bits per heavy atom. The molecule has 0 saturated heterocycles. The number of nitrogens with two attached hydrogens (primary N) is 1. The molecule has 8 nitrogen and oxygen atoms in total. The molecule has 3 aromatic rings. The van der Waals surface area contributed by atoms with Crippen molar-refractivity contribution < 1.29 is 9.59 Å². The number of carbonyl (C=O) groups is 2. The summed E-state index contributed by atoms with van der Waals surface area (Å²) in [5.74, 6) is 4.92. The summed E-state index contributed by atoms with van der Waals surface area (Å²) in [6.45, 7) is 9.56. The minimum Gasteiger partial charge on any atom is -0.320 e. The molecule has 0 spiro atoms. The minimum absolute atomic E-state index is 0.271. The van der Waals surface area contributed by atoms with Gasteiger partial charge < -0.3 is 5.32 Å². The molecule has 1 aromatic carbocycles. The summed E-state index contributed by atoms with van der Waals surface area (Å²) >= 11 is 3.31. The average molecular weight is 473 g/mol. The third-order valence-corrected chi connectivity index (χ3v) is 4.58. The second-order valence-electron chi connectivity index (χ2n) is 6.34. The molecule has 0 unspecified atom stereocenters. The van der Waals surface area contributed by atoms with Crippen molar-refractivity contribution in [1.82, 2.24) is 20.2 Å². The van der Waals surface area contributed by atoms with Gasteiger partial charge in [-0.3, -0.25) is 15.0 Å². The quantitative estimate of drug-likeness (QED) is 0.303. The number of benzene rings is 1. The molecule has 3 rings (SSSR count). The molecule has 0 radical (unpaired) electrons. The van der Waals surface area contributed by atoms with Crippen molar-refractivity contribution in [2.24, 2.45) is 5.84 Å². The summed E-state index contributed by atoms with van der Waals surface area (Å²) in [5.41, 5.74) is 5.54. The fourth-order valence-electron chi connectivity index (χ4n) is 2.94. The van der Waals surface area contributed by atoms with E-state index in [0.717, 1.165) is 16.7 Å². The Morgan fingerprint density at radius 2 is 1.77 bits per heavy atom. The first-order valence-electron chi connectivity index (χ1n) is 9.43. The number of halogens is 1. The Hall–Kier alpha value is -3.04. The Kier molecular flexibility index (Phi) is 7.85. The van der Waals surface area contributed by atoms with Gasteiger partial charge in [-0.1, -0.05) is 26.0 Å². The number of rotatable bonds is 4. The van der Waals surface area contributed by atoms with E-state index in [1.165, 1.54) is 4.68 Å². The van der Waals surface area contributed by atoms with Gasteiger partial charge in [-0.05, 0) is 65.5 Å². The second-order valence-corrected chi connectivity index (χ2v) is 7.15. The summed E-state index contributed by atoms with van der Waals surface area (Å²) in [7, 11) is 0. The molecule has 0 aliphatic carbocycles. The number of aromatic nitrogens is 3. The van der Waals surface area contributed by atoms with Crippen LogP contribution in [0.15, 0.2) is 41.1 Å². The van der Waals surface area contributed by atoms with Gasteiger partial charge in [0.2, 0.25) is 0 Å². The molecule has 0 saturated carbocycles. The Labute approximate surface area is 184 Å². The van der Waals surface area contributed by atoms with E-state index in [2.05, 4.69) is 36.8 Å². The molecule has 158 valence electrons. The molecule has 0 aliphatic heterocycles. The number of aryl methyl sites for hydroxylation is 3. The Balaban J connectivity index is 0.00000155. The number of nitrogens with one attached hydrogen (secondary N) is 2. The zero-order valence-corrected chi connectivity index (χ0v) is 19.2. The van der Waals surface area contributed by atoms with Crippen molar-refractivity contribution in [2.45, 2.75) is 34.6 Å². The largest absolute Gasteiger partial charge is 0.320 e. The number of pyridine rings is 1. The van der Waals surface area contributed by atoms with Crippen LogP contribution in [-0.2, 0) is 0 Å². The average Bonchev–Trinajstić information content (AvgIpc) is 3.12. The maximum Gasteiger partial charge on any atom is 0.274 e. The van der Waals surface area contributed by atoms with Crippen LogP contribution in [0.25, 0.3) is 5.82 Å². The monoisotopic (exact) mass is 472 g/mol. The van der Waals surface area contributed by atoms with Crippen LogP contribution in [0.3, 0.4) is 0 Å². The maximum atomic E-state index is 13.0. The number of hydrogen-bond donors (Lipinski definition) is 3. The number of nitrogens with zero attached hydrogens (tertiary/aromatic N) is 3. The number of nitrogen functional groups attached to an aromatic ring is 1. The topological polar surface area (TPSA) is 115 Å². The molecule has 2 heterocycles. The van der Waals surface area contributed by atoms with Crippen LogP contribution in [-0.4, -0.2) is 26.6 Å². The minimum atomic E-state index is -0.489. The lowest BCUT2D eigenvalue weighted by Gasteiger charge is -2.15. The molecule has 0 atom stereocenters. The molecule has 0 fully saturated rings. The van der Waals surface area contributed by atoms with Gasteiger partial charge in [-0.15, -0.1) is 0 Å². The van der Waals surface area contributed by atoms with Gasteiger partial charge in [-0.25, -0.2) is 15.5 Å². The summed E-state index contributed by atoms with van der Waals surface area (Å²) in [6.07, 6.45) is 1.63. The first-order chi connectivity index (χ1) is 14.3. The van der Waals surface area contributed by atoms with Gasteiger partial charge >= 0.3 is 0 Å². The van der Waals surface area contributed by atoms with E-state index in [4.69, 9.17) is 5.84 Å². The van der Waals surface area contributed by atoms with Gasteiger partial charge in [0.15, 0.2) is 5.82 Å². The first kappa shape index (κ1) is 23.2. The number of hydrogen-bond acceptors (Lipinski definition) is 5. The van der Waals surface area contributed by atoms with E-state index in [9.17, 15) is 9.59 Å². The molecule has 2 amide bonds. The third-order valence-electron chi connectivity index (χ3n) is 4.19. The second kappa shape index (κ2) is 10.1. The highest BCUT2D eigenvalue weighted by atomic mass is 79.9. The fourth-order valence-corrected chi connectivity index (χ4v) is 3.32. The van der Waals surface area contributed by atoms with Crippen molar-refractivity contribution in [1.29, 1.82) is 0 Å². The van der Waals surface area contributed by atoms with Gasteiger partial charge in [0, 0.05) is 12.3 Å². The molecule has 4 N–H and O–H groups in total. The van der Waals surface area contributed by atoms with Crippen LogP contribution in [0, 0.1) is 20.8 Å². The molecule has 2 aromatic heterocycles. The number of carbonyl (C=O) groups excluding carboxylic acids is 2. The molecule has 30 heavy (non-hydrogen) atoms. The Morgan fingerprint density at radius 1 is 1.07 bits per heavy atom. The van der Waals surface area contributed by atoms with Crippen LogP contribution in [0.5, 0.6) is 0 Å². The van der Waals surface area contributed by atoms with Gasteiger partial charge in [0.05, 0.1) is 11.3 Å². The number of hydrazine groups is 1. The summed E-state index contributed by atoms with van der Waals surface area (Å²) in [6, 6.07) is 8.83. The third kappa shape index (κ3) is 4.92. The lowest BCUT2D eigenvalue weighted by Crippen LogP contribution is -2.31. The molecular weight excluding hydrogens is 448 g/mol. The number of amides is 2. The zero-order chi connectivity index (χ0) is 22.4. The summed E-state index contributed by atoms with van der Waals surface area (Å²) in [4.78, 5) is 29.5. The van der Waals surface area contributed by atoms with Crippen molar-refractivity contribution in [2.75, 3.05) is 5.32 Å². The van der Waals surface area contributed by atoms with Crippen LogP contribution in [0.4, 0.5) is 5.69 Å². The van der Waals surface area contributed by atoms with E-state index in [0.29, 0.717) is 16.1 Å². The highest BCUT2D eigenvalue weighted by Crippen LogP contribution is 2.25. The zero-order valence-electron chi connectivity index (χ0n) is 17.6. The van der Waals surface area contributed by atoms with Crippen LogP contribution >= 0.6 is 15.9 Å². The lowest BCUT2D eigenvalue weighted by atomic mass is 10.0. The van der Waals surface area contributed by atoms with Gasteiger partial charge in [0.25, 0.3) is 11.8 Å². The van der Waals surface area contributed by atoms with Crippen molar-refractivity contribution in [3.63, 3.8) is 0 Å². The standard InChI is InChI=1S/C19H19BrN6O2.C2H6/c1-10-7-12(3)16(13(8-10)18(27)24-21)23-19(28)14-9-15(20)25-26(14)17-11(2)5-4-6-22-17;1-2/h4-9H,21H2,1-3H3,(H,23,28)(H,24,27);1-2H3. The van der Waals surface area contributed by atoms with E-state index in [1.54, 1.807) is 18.3 Å². The lowest BCUT2D eigenvalue weighted by molar-refractivity contribution is 0.0954. The van der Waals surface area contributed by atoms with E-state index >= 15 is 0 Å². The molecular formula is C21H25BrN6O2. The number of anilines is 1. The molecule has 0 bridgehead atoms. The molecule has 0 aliphatic rings. The van der Waals surface area contributed by atoms with E-state index < -0.39 is 11.8 Å². The normalized spacial score (nSPS) is 10.1.